The Morgan fingerprint density at radius 3 is 2.44 bits per heavy atom. The predicted molar refractivity (Wildman–Crippen MR) is 136 cm³/mol. The van der Waals surface area contributed by atoms with Crippen molar-refractivity contribution in [3.05, 3.63) is 107 Å². The zero-order valence-electron chi connectivity index (χ0n) is 19.2. The van der Waals surface area contributed by atoms with E-state index in [2.05, 4.69) is 39.7 Å². The van der Waals surface area contributed by atoms with E-state index in [1.807, 2.05) is 42.5 Å². The Morgan fingerprint density at radius 1 is 1.00 bits per heavy atom. The van der Waals surface area contributed by atoms with Crippen LogP contribution in [0.15, 0.2) is 79.0 Å². The molecule has 3 heterocycles. The highest BCUT2D eigenvalue weighted by atomic mass is 32.1. The summed E-state index contributed by atoms with van der Waals surface area (Å²) in [6.45, 7) is 4.15. The van der Waals surface area contributed by atoms with Gasteiger partial charge in [0.2, 0.25) is 0 Å². The lowest BCUT2D eigenvalue weighted by Crippen LogP contribution is -2.30. The van der Waals surface area contributed by atoms with E-state index in [4.69, 9.17) is 17.0 Å². The summed E-state index contributed by atoms with van der Waals surface area (Å²) in [5.41, 5.74) is 5.92. The first kappa shape index (κ1) is 22.1. The Morgan fingerprint density at radius 2 is 1.74 bits per heavy atom. The molecule has 0 amide bonds. The second-order valence-corrected chi connectivity index (χ2v) is 8.69. The molecule has 0 spiro atoms. The Bertz CT molecular complexity index is 1340. The van der Waals surface area contributed by atoms with E-state index in [1.165, 1.54) is 12.1 Å². The van der Waals surface area contributed by atoms with Crippen LogP contribution in [-0.2, 0) is 0 Å². The summed E-state index contributed by atoms with van der Waals surface area (Å²) in [4.78, 5) is 6.76. The number of methoxy groups -OCH3 is 1. The number of pyridine rings is 1. The summed E-state index contributed by atoms with van der Waals surface area (Å²) in [5, 5.41) is 4.11. The van der Waals surface area contributed by atoms with Gasteiger partial charge in [-0.15, -0.1) is 0 Å². The van der Waals surface area contributed by atoms with Crippen LogP contribution in [-0.4, -0.2) is 21.8 Å². The molecule has 4 aromatic rings. The van der Waals surface area contributed by atoms with Crippen molar-refractivity contribution in [2.45, 2.75) is 25.9 Å². The lowest BCUT2D eigenvalue weighted by atomic mass is 9.96. The highest BCUT2D eigenvalue weighted by Gasteiger charge is 2.43. The van der Waals surface area contributed by atoms with Crippen LogP contribution in [0.25, 0.3) is 5.69 Å². The van der Waals surface area contributed by atoms with Crippen molar-refractivity contribution >= 4 is 23.0 Å². The first-order valence-corrected chi connectivity index (χ1v) is 11.5. The van der Waals surface area contributed by atoms with Crippen molar-refractivity contribution < 1.29 is 9.13 Å². The van der Waals surface area contributed by atoms with E-state index < -0.39 is 0 Å². The first-order valence-electron chi connectivity index (χ1n) is 11.1. The number of aromatic nitrogens is 2. The molecule has 0 bridgehead atoms. The van der Waals surface area contributed by atoms with Gasteiger partial charge >= 0.3 is 0 Å². The topological polar surface area (TPSA) is 42.3 Å². The van der Waals surface area contributed by atoms with Crippen molar-refractivity contribution in [1.29, 1.82) is 0 Å². The van der Waals surface area contributed by atoms with Crippen molar-refractivity contribution in [1.82, 2.24) is 14.9 Å². The van der Waals surface area contributed by atoms with Crippen molar-refractivity contribution in [2.75, 3.05) is 12.0 Å². The van der Waals surface area contributed by atoms with E-state index in [0.29, 0.717) is 5.11 Å². The van der Waals surface area contributed by atoms with E-state index in [1.54, 1.807) is 25.4 Å². The fraction of sp³-hybridized carbons (Fsp3) is 0.185. The lowest BCUT2D eigenvalue weighted by molar-refractivity contribution is 0.414. The maximum absolute atomic E-state index is 13.6. The minimum Gasteiger partial charge on any atom is -0.495 e. The van der Waals surface area contributed by atoms with Gasteiger partial charge in [0.25, 0.3) is 0 Å². The van der Waals surface area contributed by atoms with Gasteiger partial charge in [0.05, 0.1) is 30.6 Å². The number of hydrogen-bond donors (Lipinski definition) is 1. The highest BCUT2D eigenvalue weighted by molar-refractivity contribution is 7.80. The molecule has 1 N–H and O–H groups in total. The molecule has 2 atom stereocenters. The summed E-state index contributed by atoms with van der Waals surface area (Å²) < 4.78 is 21.4. The van der Waals surface area contributed by atoms with E-state index in [0.717, 1.165) is 39.8 Å². The molecular weight excluding hydrogens is 447 g/mol. The number of benzene rings is 2. The third-order valence-electron chi connectivity index (χ3n) is 6.32. The van der Waals surface area contributed by atoms with Crippen LogP contribution in [0, 0.1) is 19.7 Å². The molecule has 1 fully saturated rings. The molecule has 2 aromatic heterocycles. The maximum Gasteiger partial charge on any atom is 0.174 e. The number of nitrogens with one attached hydrogen (secondary N) is 1. The number of aryl methyl sites for hydroxylation is 1. The fourth-order valence-corrected chi connectivity index (χ4v) is 5.17. The summed E-state index contributed by atoms with van der Waals surface area (Å²) >= 11 is 5.86. The zero-order valence-corrected chi connectivity index (χ0v) is 20.0. The van der Waals surface area contributed by atoms with Crippen LogP contribution in [0.5, 0.6) is 5.75 Å². The predicted octanol–water partition coefficient (Wildman–Crippen LogP) is 5.81. The molecule has 0 unspecified atom stereocenters. The average Bonchev–Trinajstić information content (AvgIpc) is 3.35. The largest absolute Gasteiger partial charge is 0.495 e. The summed E-state index contributed by atoms with van der Waals surface area (Å²) in [7, 11) is 1.66. The molecule has 5 nitrogen and oxygen atoms in total. The van der Waals surface area contributed by atoms with Gasteiger partial charge in [-0.2, -0.15) is 0 Å². The Kier molecular flexibility index (Phi) is 5.79. The number of halogens is 1. The number of thiocarbonyl (C=S) groups is 1. The molecule has 0 saturated carbocycles. The molecule has 0 radical (unpaired) electrons. The molecule has 1 saturated heterocycles. The molecule has 7 heteroatoms. The van der Waals surface area contributed by atoms with Crippen LogP contribution in [0.4, 0.5) is 10.1 Å². The summed E-state index contributed by atoms with van der Waals surface area (Å²) in [6, 6.07) is 22.2. The van der Waals surface area contributed by atoms with E-state index >= 15 is 0 Å². The lowest BCUT2D eigenvalue weighted by Gasteiger charge is -2.29. The van der Waals surface area contributed by atoms with Gasteiger partial charge in [0.1, 0.15) is 11.6 Å². The smallest absolute Gasteiger partial charge is 0.174 e. The minimum absolute atomic E-state index is 0.166. The van der Waals surface area contributed by atoms with Gasteiger partial charge < -0.3 is 19.5 Å². The minimum atomic E-state index is -0.255. The third-order valence-corrected chi connectivity index (χ3v) is 6.63. The number of rotatable bonds is 5. The van der Waals surface area contributed by atoms with Gasteiger partial charge in [-0.05, 0) is 86.2 Å². The Balaban J connectivity index is 1.70. The van der Waals surface area contributed by atoms with E-state index in [9.17, 15) is 4.39 Å². The van der Waals surface area contributed by atoms with Crippen LogP contribution >= 0.6 is 12.2 Å². The number of para-hydroxylation sites is 2. The normalized spacial score (nSPS) is 17.6. The van der Waals surface area contributed by atoms with Crippen molar-refractivity contribution in [3.63, 3.8) is 0 Å². The fourth-order valence-electron chi connectivity index (χ4n) is 4.83. The number of nitrogens with zero attached hydrogens (tertiary/aromatic N) is 3. The Labute approximate surface area is 203 Å². The molecular formula is C27H25FN4OS. The summed E-state index contributed by atoms with van der Waals surface area (Å²) in [6.07, 6.45) is 1.80. The average molecular weight is 473 g/mol. The SMILES string of the molecule is COc1ccccc1N1C(=S)N[C@@H](c2ccccn2)[C@@H]1c1cc(C)n(-c2ccc(F)cc2)c1C. The molecule has 0 aliphatic carbocycles. The van der Waals surface area contributed by atoms with Gasteiger partial charge in [0, 0.05) is 23.3 Å². The molecule has 1 aliphatic rings. The van der Waals surface area contributed by atoms with Crippen LogP contribution in [0.3, 0.4) is 0 Å². The number of anilines is 1. The number of hydrogen-bond acceptors (Lipinski definition) is 3. The van der Waals surface area contributed by atoms with Gasteiger partial charge in [-0.25, -0.2) is 4.39 Å². The van der Waals surface area contributed by atoms with Crippen LogP contribution < -0.4 is 15.0 Å². The molecule has 1 aliphatic heterocycles. The van der Waals surface area contributed by atoms with Crippen molar-refractivity contribution in [3.8, 4) is 11.4 Å². The second-order valence-electron chi connectivity index (χ2n) is 8.31. The van der Waals surface area contributed by atoms with Crippen LogP contribution in [0.1, 0.15) is 34.7 Å². The molecule has 2 aromatic carbocycles. The van der Waals surface area contributed by atoms with Gasteiger partial charge in [0.15, 0.2) is 5.11 Å². The Hall–Kier alpha value is -3.71. The van der Waals surface area contributed by atoms with Crippen LogP contribution in [0.2, 0.25) is 0 Å². The zero-order chi connectivity index (χ0) is 23.8. The van der Waals surface area contributed by atoms with Gasteiger partial charge in [-0.1, -0.05) is 18.2 Å². The standard InChI is InChI=1S/C27H25FN4OS/c1-17-16-21(18(2)31(17)20-13-11-19(28)12-14-20)26-25(22-8-6-7-15-29-22)30-27(34)32(26)23-9-4-5-10-24(23)33-3/h4-16,25-26H,1-3H3,(H,30,34)/t25-,26-/m0/s1. The summed E-state index contributed by atoms with van der Waals surface area (Å²) in [5.74, 6) is 0.486. The van der Waals surface area contributed by atoms with Gasteiger partial charge in [-0.3, -0.25) is 4.98 Å². The van der Waals surface area contributed by atoms with E-state index in [-0.39, 0.29) is 17.9 Å². The molecule has 5 rings (SSSR count). The van der Waals surface area contributed by atoms with Crippen molar-refractivity contribution in [2.24, 2.45) is 0 Å². The third kappa shape index (κ3) is 3.72. The quantitative estimate of drug-likeness (QED) is 0.371. The maximum atomic E-state index is 13.6. The first-order chi connectivity index (χ1) is 16.5. The number of ether oxygens (including phenoxy) is 1. The second kappa shape index (κ2) is 8.91. The molecule has 34 heavy (non-hydrogen) atoms. The monoisotopic (exact) mass is 472 g/mol. The molecule has 172 valence electrons. The highest BCUT2D eigenvalue weighted by Crippen LogP contribution is 2.46.